The number of aromatic amines is 1. The van der Waals surface area contributed by atoms with Gasteiger partial charge in [0.15, 0.2) is 5.43 Å². The molecule has 0 radical (unpaired) electrons. The second-order valence-corrected chi connectivity index (χ2v) is 5.33. The van der Waals surface area contributed by atoms with Gasteiger partial charge in [0, 0.05) is 33.8 Å². The lowest BCUT2D eigenvalue weighted by Crippen LogP contribution is -2.28. The molecule has 0 aliphatic rings. The van der Waals surface area contributed by atoms with Gasteiger partial charge in [0.1, 0.15) is 12.2 Å². The number of nitrogens with one attached hydrogen (secondary N) is 2. The van der Waals surface area contributed by atoms with Gasteiger partial charge < -0.3 is 15.4 Å². The highest BCUT2D eigenvalue weighted by molar-refractivity contribution is 7.10. The van der Waals surface area contributed by atoms with Crippen molar-refractivity contribution in [1.82, 2.24) is 10.3 Å². The fourth-order valence-corrected chi connectivity index (χ4v) is 2.45. The highest BCUT2D eigenvalue weighted by atomic mass is 32.1. The highest BCUT2D eigenvalue weighted by Gasteiger charge is 2.10. The van der Waals surface area contributed by atoms with Crippen LogP contribution in [0.25, 0.3) is 0 Å². The van der Waals surface area contributed by atoms with Gasteiger partial charge in [-0.25, -0.2) is 0 Å². The molecule has 6 heteroatoms. The van der Waals surface area contributed by atoms with Crippen molar-refractivity contribution in [2.24, 2.45) is 0 Å². The Balaban J connectivity index is 2.01. The van der Waals surface area contributed by atoms with Crippen molar-refractivity contribution in [2.45, 2.75) is 13.5 Å². The number of aryl methyl sites for hydroxylation is 1. The smallest absolute Gasteiger partial charge is 0.257 e. The third-order valence-electron chi connectivity index (χ3n) is 2.69. The van der Waals surface area contributed by atoms with Crippen molar-refractivity contribution in [3.8, 4) is 11.8 Å². The predicted molar refractivity (Wildman–Crippen MR) is 81.3 cm³/mol. The maximum Gasteiger partial charge on any atom is 0.257 e. The quantitative estimate of drug-likeness (QED) is 0.740. The predicted octanol–water partition coefficient (Wildman–Crippen LogP) is 1.02. The Labute approximate surface area is 125 Å². The van der Waals surface area contributed by atoms with Crippen LogP contribution in [-0.2, 0) is 6.54 Å². The third-order valence-corrected chi connectivity index (χ3v) is 3.63. The number of hydrogen-bond donors (Lipinski definition) is 3. The summed E-state index contributed by atoms with van der Waals surface area (Å²) in [6, 6.07) is 3.23. The molecule has 0 aliphatic carbocycles. The molecule has 1 amide bonds. The summed E-state index contributed by atoms with van der Waals surface area (Å²) in [4.78, 5) is 27.4. The number of hydrogen-bond acceptors (Lipinski definition) is 4. The number of aromatic nitrogens is 1. The lowest BCUT2D eigenvalue weighted by Gasteiger charge is -2.03. The van der Waals surface area contributed by atoms with E-state index in [0.717, 1.165) is 10.4 Å². The van der Waals surface area contributed by atoms with Gasteiger partial charge >= 0.3 is 0 Å². The topological polar surface area (TPSA) is 82.2 Å². The van der Waals surface area contributed by atoms with Crippen molar-refractivity contribution in [3.63, 3.8) is 0 Å². The van der Waals surface area contributed by atoms with Crippen LogP contribution >= 0.6 is 11.3 Å². The van der Waals surface area contributed by atoms with Gasteiger partial charge in [0.2, 0.25) is 0 Å². The molecular formula is C15H14N2O3S. The van der Waals surface area contributed by atoms with Crippen LogP contribution in [0.15, 0.2) is 28.5 Å². The molecule has 0 atom stereocenters. The van der Waals surface area contributed by atoms with Gasteiger partial charge in [-0.2, -0.15) is 0 Å². The summed E-state index contributed by atoms with van der Waals surface area (Å²) in [6.07, 6.45) is 1.42. The molecule has 0 fully saturated rings. The van der Waals surface area contributed by atoms with Gasteiger partial charge in [-0.1, -0.05) is 11.8 Å². The van der Waals surface area contributed by atoms with E-state index >= 15 is 0 Å². The monoisotopic (exact) mass is 302 g/mol. The Morgan fingerprint density at radius 1 is 1.48 bits per heavy atom. The van der Waals surface area contributed by atoms with E-state index in [9.17, 15) is 9.59 Å². The van der Waals surface area contributed by atoms with E-state index in [2.05, 4.69) is 22.1 Å². The van der Waals surface area contributed by atoms with Crippen molar-refractivity contribution in [2.75, 3.05) is 6.61 Å². The molecule has 0 bridgehead atoms. The van der Waals surface area contributed by atoms with Crippen LogP contribution in [0.3, 0.4) is 0 Å². The van der Waals surface area contributed by atoms with Gasteiger partial charge in [0.05, 0.1) is 6.54 Å². The molecule has 0 saturated carbocycles. The number of carbonyl (C=O) groups excluding carboxylic acids is 1. The standard InChI is InChI=1S/C15H14N2O3S/c1-10-5-14(19)13(8-16-10)15(20)17-7-12-6-11(9-21-12)3-2-4-18/h5-6,8-9,18H,4,7H2,1H3,(H,16,19)(H,17,20). The molecule has 21 heavy (non-hydrogen) atoms. The van der Waals surface area contributed by atoms with Crippen molar-refractivity contribution >= 4 is 17.2 Å². The molecule has 0 saturated heterocycles. The first-order chi connectivity index (χ1) is 10.1. The SMILES string of the molecule is Cc1cc(=O)c(C(=O)NCc2cc(C#CCO)cs2)c[nH]1. The fraction of sp³-hybridized carbons (Fsp3) is 0.200. The number of aliphatic hydroxyl groups is 1. The fourth-order valence-electron chi connectivity index (χ4n) is 1.69. The Morgan fingerprint density at radius 3 is 3.00 bits per heavy atom. The number of amides is 1. The van der Waals surface area contributed by atoms with Crippen LogP contribution in [0.2, 0.25) is 0 Å². The summed E-state index contributed by atoms with van der Waals surface area (Å²) in [5.41, 5.74) is 1.30. The Kier molecular flexibility index (Phi) is 4.93. The van der Waals surface area contributed by atoms with E-state index in [1.807, 2.05) is 11.4 Å². The molecule has 108 valence electrons. The summed E-state index contributed by atoms with van der Waals surface area (Å²) in [5, 5.41) is 13.2. The van der Waals surface area contributed by atoms with E-state index in [-0.39, 0.29) is 17.6 Å². The summed E-state index contributed by atoms with van der Waals surface area (Å²) in [6.45, 7) is 1.90. The molecule has 0 aromatic carbocycles. The molecule has 2 rings (SSSR count). The average Bonchev–Trinajstić information content (AvgIpc) is 2.90. The molecule has 3 N–H and O–H groups in total. The minimum absolute atomic E-state index is 0.0949. The molecule has 5 nitrogen and oxygen atoms in total. The van der Waals surface area contributed by atoms with Crippen LogP contribution in [-0.4, -0.2) is 22.6 Å². The first kappa shape index (κ1) is 15.0. The number of carbonyl (C=O) groups is 1. The zero-order valence-corrected chi connectivity index (χ0v) is 12.2. The zero-order valence-electron chi connectivity index (χ0n) is 11.4. The normalized spacial score (nSPS) is 9.81. The van der Waals surface area contributed by atoms with Crippen LogP contribution in [0.4, 0.5) is 0 Å². The average molecular weight is 302 g/mol. The van der Waals surface area contributed by atoms with Crippen molar-refractivity contribution in [1.29, 1.82) is 0 Å². The number of pyridine rings is 1. The number of thiophene rings is 1. The minimum Gasteiger partial charge on any atom is -0.384 e. The maximum atomic E-state index is 11.9. The van der Waals surface area contributed by atoms with Crippen LogP contribution in [0, 0.1) is 18.8 Å². The highest BCUT2D eigenvalue weighted by Crippen LogP contribution is 2.13. The first-order valence-corrected chi connectivity index (χ1v) is 7.13. The third kappa shape index (κ3) is 4.05. The van der Waals surface area contributed by atoms with Crippen LogP contribution in [0.1, 0.15) is 26.5 Å². The number of rotatable bonds is 3. The van der Waals surface area contributed by atoms with E-state index in [0.29, 0.717) is 12.2 Å². The van der Waals surface area contributed by atoms with E-state index in [1.165, 1.54) is 23.6 Å². The largest absolute Gasteiger partial charge is 0.384 e. The molecule has 0 aliphatic heterocycles. The van der Waals surface area contributed by atoms with Gasteiger partial charge in [0.25, 0.3) is 5.91 Å². The number of H-pyrrole nitrogens is 1. The number of aliphatic hydroxyl groups excluding tert-OH is 1. The van der Waals surface area contributed by atoms with E-state index < -0.39 is 5.91 Å². The van der Waals surface area contributed by atoms with Gasteiger partial charge in [-0.3, -0.25) is 9.59 Å². The van der Waals surface area contributed by atoms with Crippen LogP contribution < -0.4 is 10.7 Å². The second-order valence-electron chi connectivity index (χ2n) is 4.34. The lowest BCUT2D eigenvalue weighted by atomic mass is 10.2. The lowest BCUT2D eigenvalue weighted by molar-refractivity contribution is 0.0950. The van der Waals surface area contributed by atoms with E-state index in [4.69, 9.17) is 5.11 Å². The summed E-state index contributed by atoms with van der Waals surface area (Å²) < 4.78 is 0. The first-order valence-electron chi connectivity index (χ1n) is 6.25. The molecular weight excluding hydrogens is 288 g/mol. The van der Waals surface area contributed by atoms with Gasteiger partial charge in [-0.15, -0.1) is 11.3 Å². The van der Waals surface area contributed by atoms with Crippen molar-refractivity contribution < 1.29 is 9.90 Å². The Hall–Kier alpha value is -2.36. The molecule has 0 spiro atoms. The molecule has 2 aromatic rings. The second kappa shape index (κ2) is 6.88. The summed E-state index contributed by atoms with van der Waals surface area (Å²) in [5.74, 6) is 4.94. The maximum absolute atomic E-state index is 11.9. The molecule has 2 aromatic heterocycles. The Bertz CT molecular complexity index is 765. The zero-order chi connectivity index (χ0) is 15.2. The molecule has 0 unspecified atom stereocenters. The summed E-state index contributed by atoms with van der Waals surface area (Å²) in [7, 11) is 0. The molecule has 2 heterocycles. The van der Waals surface area contributed by atoms with Gasteiger partial charge in [-0.05, 0) is 13.0 Å². The Morgan fingerprint density at radius 2 is 2.29 bits per heavy atom. The van der Waals surface area contributed by atoms with Crippen molar-refractivity contribution in [3.05, 3.63) is 55.6 Å². The summed E-state index contributed by atoms with van der Waals surface area (Å²) >= 11 is 1.46. The minimum atomic E-state index is -0.410. The van der Waals surface area contributed by atoms with Crippen LogP contribution in [0.5, 0.6) is 0 Å². The van der Waals surface area contributed by atoms with E-state index in [1.54, 1.807) is 6.92 Å².